The summed E-state index contributed by atoms with van der Waals surface area (Å²) in [6.07, 6.45) is 2.07. The third-order valence-corrected chi connectivity index (χ3v) is 5.01. The first-order chi connectivity index (χ1) is 13.3. The first kappa shape index (κ1) is 18.6. The predicted octanol–water partition coefficient (Wildman–Crippen LogP) is 5.89. The van der Waals surface area contributed by atoms with Gasteiger partial charge in [0.05, 0.1) is 22.0 Å². The van der Waals surface area contributed by atoms with E-state index in [1.807, 2.05) is 0 Å². The lowest BCUT2D eigenvalue weighted by molar-refractivity contribution is 0.584. The van der Waals surface area contributed by atoms with E-state index in [2.05, 4.69) is 16.9 Å². The molecular formula is C22H16ClF3N2. The van der Waals surface area contributed by atoms with Gasteiger partial charge < -0.3 is 0 Å². The fourth-order valence-electron chi connectivity index (χ4n) is 3.24. The first-order valence-electron chi connectivity index (χ1n) is 8.85. The smallest absolute Gasteiger partial charge is 0.136 e. The lowest BCUT2D eigenvalue weighted by atomic mass is 9.97. The predicted molar refractivity (Wildman–Crippen MR) is 103 cm³/mol. The highest BCUT2D eigenvalue weighted by atomic mass is 35.5. The molecular weight excluding hydrogens is 385 g/mol. The van der Waals surface area contributed by atoms with Crippen LogP contribution in [0.2, 0.25) is 5.02 Å². The van der Waals surface area contributed by atoms with Gasteiger partial charge in [0.2, 0.25) is 0 Å². The second kappa shape index (κ2) is 7.03. The number of hydrogen-bond donors (Lipinski definition) is 0. The Morgan fingerprint density at radius 1 is 1.07 bits per heavy atom. The maximum absolute atomic E-state index is 14.9. The molecule has 0 N–H and O–H groups in total. The second-order valence-electron chi connectivity index (χ2n) is 6.92. The third-order valence-electron chi connectivity index (χ3n) is 4.70. The average Bonchev–Trinajstić information content (AvgIpc) is 3.39. The van der Waals surface area contributed by atoms with Gasteiger partial charge in [0, 0.05) is 29.7 Å². The van der Waals surface area contributed by atoms with E-state index < -0.39 is 17.5 Å². The van der Waals surface area contributed by atoms with E-state index in [0.29, 0.717) is 28.3 Å². The van der Waals surface area contributed by atoms with Crippen molar-refractivity contribution in [2.24, 2.45) is 13.0 Å². The average molecular weight is 401 g/mol. The molecule has 0 radical (unpaired) electrons. The van der Waals surface area contributed by atoms with Gasteiger partial charge in [-0.25, -0.2) is 13.2 Å². The zero-order valence-corrected chi connectivity index (χ0v) is 16.0. The molecule has 4 rings (SSSR count). The van der Waals surface area contributed by atoms with E-state index in [9.17, 15) is 13.2 Å². The second-order valence-corrected chi connectivity index (χ2v) is 7.32. The molecule has 1 aromatic heterocycles. The quantitative estimate of drug-likeness (QED) is 0.490. The van der Waals surface area contributed by atoms with Crippen molar-refractivity contribution in [2.75, 3.05) is 0 Å². The Kier molecular flexibility index (Phi) is 4.68. The minimum atomic E-state index is -0.734. The monoisotopic (exact) mass is 400 g/mol. The summed E-state index contributed by atoms with van der Waals surface area (Å²) in [6.45, 7) is 1.71. The van der Waals surface area contributed by atoms with Crippen LogP contribution in [0.5, 0.6) is 0 Å². The SMILES string of the molecule is Cc1nn(C)c(-c2c(F)cc(C#CC3CC3)cc2F)c1-c1ccc(F)cc1Cl. The molecule has 2 nitrogen and oxygen atoms in total. The third kappa shape index (κ3) is 3.41. The molecule has 1 aliphatic carbocycles. The fourth-order valence-corrected chi connectivity index (χ4v) is 3.51. The van der Waals surface area contributed by atoms with E-state index in [-0.39, 0.29) is 16.3 Å². The Bertz CT molecular complexity index is 1130. The van der Waals surface area contributed by atoms with Gasteiger partial charge in [0.15, 0.2) is 0 Å². The number of halogens is 4. The number of nitrogens with zero attached hydrogens (tertiary/aromatic N) is 2. The van der Waals surface area contributed by atoms with Gasteiger partial charge in [-0.3, -0.25) is 4.68 Å². The van der Waals surface area contributed by atoms with Crippen molar-refractivity contribution in [1.82, 2.24) is 9.78 Å². The van der Waals surface area contributed by atoms with Crippen LogP contribution in [0.25, 0.3) is 22.4 Å². The van der Waals surface area contributed by atoms with Crippen LogP contribution in [0, 0.1) is 42.1 Å². The Morgan fingerprint density at radius 2 is 1.75 bits per heavy atom. The highest BCUT2D eigenvalue weighted by molar-refractivity contribution is 6.33. The summed E-state index contributed by atoms with van der Waals surface area (Å²) >= 11 is 6.20. The van der Waals surface area contributed by atoms with Crippen LogP contribution in [0.3, 0.4) is 0 Å². The Labute approximate surface area is 166 Å². The highest BCUT2D eigenvalue weighted by Gasteiger charge is 2.25. The van der Waals surface area contributed by atoms with Gasteiger partial charge in [-0.05, 0) is 50.1 Å². The standard InChI is InChI=1S/C22H16ClF3N2/c1-12-20(16-8-7-15(24)11-17(16)23)22(28(2)27-12)21-18(25)9-14(10-19(21)26)6-5-13-3-4-13/h7-11,13H,3-4H2,1-2H3. The van der Waals surface area contributed by atoms with Crippen LogP contribution >= 0.6 is 11.6 Å². The minimum absolute atomic E-state index is 0.144. The molecule has 1 fully saturated rings. The molecule has 0 amide bonds. The topological polar surface area (TPSA) is 17.8 Å². The van der Waals surface area contributed by atoms with Crippen molar-refractivity contribution >= 4 is 11.6 Å². The van der Waals surface area contributed by atoms with E-state index in [1.54, 1.807) is 14.0 Å². The fraction of sp³-hybridized carbons (Fsp3) is 0.227. The van der Waals surface area contributed by atoms with Crippen molar-refractivity contribution in [2.45, 2.75) is 19.8 Å². The normalized spacial score (nSPS) is 13.4. The van der Waals surface area contributed by atoms with Gasteiger partial charge in [0.25, 0.3) is 0 Å². The van der Waals surface area contributed by atoms with Crippen molar-refractivity contribution in [3.8, 4) is 34.2 Å². The summed E-state index contributed by atoms with van der Waals surface area (Å²) in [5, 5.41) is 4.45. The summed E-state index contributed by atoms with van der Waals surface area (Å²) < 4.78 is 44.8. The Hall–Kier alpha value is -2.71. The van der Waals surface area contributed by atoms with E-state index >= 15 is 0 Å². The van der Waals surface area contributed by atoms with Crippen molar-refractivity contribution in [3.63, 3.8) is 0 Å². The van der Waals surface area contributed by atoms with Crippen LogP contribution in [0.1, 0.15) is 24.1 Å². The Morgan fingerprint density at radius 3 is 2.36 bits per heavy atom. The Balaban J connectivity index is 1.90. The molecule has 6 heteroatoms. The largest absolute Gasteiger partial charge is 0.267 e. The molecule has 1 heterocycles. The van der Waals surface area contributed by atoms with Gasteiger partial charge >= 0.3 is 0 Å². The minimum Gasteiger partial charge on any atom is -0.267 e. The van der Waals surface area contributed by atoms with Crippen molar-refractivity contribution in [3.05, 3.63) is 64.1 Å². The molecule has 0 bridgehead atoms. The molecule has 1 aliphatic rings. The maximum Gasteiger partial charge on any atom is 0.136 e. The zero-order valence-electron chi connectivity index (χ0n) is 15.3. The lowest BCUT2D eigenvalue weighted by Gasteiger charge is -2.11. The lowest BCUT2D eigenvalue weighted by Crippen LogP contribution is -2.00. The highest BCUT2D eigenvalue weighted by Crippen LogP contribution is 2.40. The number of benzene rings is 2. The first-order valence-corrected chi connectivity index (χ1v) is 9.23. The zero-order chi connectivity index (χ0) is 20.0. The van der Waals surface area contributed by atoms with Crippen molar-refractivity contribution in [1.29, 1.82) is 0 Å². The molecule has 28 heavy (non-hydrogen) atoms. The van der Waals surface area contributed by atoms with E-state index in [1.165, 1.54) is 28.9 Å². The van der Waals surface area contributed by atoms with Crippen LogP contribution in [-0.2, 0) is 7.05 Å². The molecule has 0 saturated heterocycles. The van der Waals surface area contributed by atoms with Crippen LogP contribution in [0.15, 0.2) is 30.3 Å². The molecule has 0 unspecified atom stereocenters. The molecule has 2 aromatic carbocycles. The molecule has 142 valence electrons. The van der Waals surface area contributed by atoms with Crippen LogP contribution < -0.4 is 0 Å². The van der Waals surface area contributed by atoms with Gasteiger partial charge in [0.1, 0.15) is 17.5 Å². The molecule has 0 spiro atoms. The molecule has 3 aromatic rings. The van der Waals surface area contributed by atoms with Gasteiger partial charge in [-0.15, -0.1) is 0 Å². The van der Waals surface area contributed by atoms with Gasteiger partial charge in [-0.2, -0.15) is 5.10 Å². The van der Waals surface area contributed by atoms with Crippen LogP contribution in [0.4, 0.5) is 13.2 Å². The molecule has 1 saturated carbocycles. The van der Waals surface area contributed by atoms with E-state index in [4.69, 9.17) is 11.6 Å². The number of rotatable bonds is 2. The van der Waals surface area contributed by atoms with Gasteiger partial charge in [-0.1, -0.05) is 23.4 Å². The number of aryl methyl sites for hydroxylation is 2. The summed E-state index contributed by atoms with van der Waals surface area (Å²) in [6, 6.07) is 6.35. The summed E-state index contributed by atoms with van der Waals surface area (Å²) in [7, 11) is 1.60. The summed E-state index contributed by atoms with van der Waals surface area (Å²) in [5.41, 5.74) is 1.77. The molecule has 0 atom stereocenters. The van der Waals surface area contributed by atoms with E-state index in [0.717, 1.165) is 18.9 Å². The number of aromatic nitrogens is 2. The summed E-state index contributed by atoms with van der Waals surface area (Å²) in [4.78, 5) is 0. The molecule has 0 aliphatic heterocycles. The van der Waals surface area contributed by atoms with Crippen LogP contribution in [-0.4, -0.2) is 9.78 Å². The maximum atomic E-state index is 14.9. The summed E-state index contributed by atoms with van der Waals surface area (Å²) in [5.74, 6) is 4.20. The van der Waals surface area contributed by atoms with Crippen molar-refractivity contribution < 1.29 is 13.2 Å². The number of hydrogen-bond acceptors (Lipinski definition) is 1.